The number of carbonyl (C=O) groups excluding carboxylic acids is 1. The highest BCUT2D eigenvalue weighted by atomic mass is 32.1. The molecular formula is C16H18N4OS. The molecule has 0 bridgehead atoms. The zero-order valence-electron chi connectivity index (χ0n) is 12.5. The van der Waals surface area contributed by atoms with Crippen LogP contribution < -0.4 is 11.1 Å². The molecule has 3 rings (SSSR count). The van der Waals surface area contributed by atoms with E-state index in [0.717, 1.165) is 21.0 Å². The summed E-state index contributed by atoms with van der Waals surface area (Å²) in [6.45, 7) is 1.96. The van der Waals surface area contributed by atoms with Gasteiger partial charge in [0.15, 0.2) is 5.96 Å². The van der Waals surface area contributed by atoms with Gasteiger partial charge in [-0.2, -0.15) is 0 Å². The fraction of sp³-hybridized carbons (Fsp3) is 0.250. The summed E-state index contributed by atoms with van der Waals surface area (Å²) in [6, 6.07) is 11.8. The van der Waals surface area contributed by atoms with Crippen molar-refractivity contribution in [1.29, 1.82) is 5.41 Å². The van der Waals surface area contributed by atoms with Crippen LogP contribution in [0.15, 0.2) is 36.4 Å². The van der Waals surface area contributed by atoms with E-state index in [0.29, 0.717) is 6.42 Å². The zero-order valence-corrected chi connectivity index (χ0v) is 13.3. The first kappa shape index (κ1) is 14.6. The van der Waals surface area contributed by atoms with Gasteiger partial charge in [-0.15, -0.1) is 11.3 Å². The summed E-state index contributed by atoms with van der Waals surface area (Å²) in [5.74, 6) is 0.0859. The average molecular weight is 314 g/mol. The predicted octanol–water partition coefficient (Wildman–Crippen LogP) is 2.60. The molecule has 2 aromatic rings. The molecule has 6 heteroatoms. The topological polar surface area (TPSA) is 82.2 Å². The molecule has 114 valence electrons. The molecule has 1 fully saturated rings. The molecule has 2 heterocycles. The summed E-state index contributed by atoms with van der Waals surface area (Å²) < 4.78 is 0. The van der Waals surface area contributed by atoms with Crippen LogP contribution in [0.2, 0.25) is 0 Å². The van der Waals surface area contributed by atoms with Crippen LogP contribution in [0.25, 0.3) is 10.4 Å². The van der Waals surface area contributed by atoms with Gasteiger partial charge in [-0.1, -0.05) is 12.1 Å². The largest absolute Gasteiger partial charge is 0.399 e. The molecule has 1 aliphatic rings. The number of carbonyl (C=O) groups is 1. The van der Waals surface area contributed by atoms with Gasteiger partial charge >= 0.3 is 0 Å². The van der Waals surface area contributed by atoms with Crippen LogP contribution in [-0.4, -0.2) is 23.8 Å². The number of hydrogen-bond acceptors (Lipinski definition) is 4. The van der Waals surface area contributed by atoms with Crippen molar-refractivity contribution in [1.82, 2.24) is 10.2 Å². The second-order valence-corrected chi connectivity index (χ2v) is 6.81. The highest BCUT2D eigenvalue weighted by molar-refractivity contribution is 7.15. The molecule has 1 aromatic heterocycles. The quantitative estimate of drug-likeness (QED) is 0.745. The number of nitrogens with two attached hydrogens (primary N) is 1. The number of amides is 1. The van der Waals surface area contributed by atoms with Gasteiger partial charge in [0.1, 0.15) is 0 Å². The lowest BCUT2D eigenvalue weighted by Gasteiger charge is -2.38. The third-order valence-corrected chi connectivity index (χ3v) is 5.33. The molecule has 1 aliphatic heterocycles. The van der Waals surface area contributed by atoms with Crippen LogP contribution in [0.3, 0.4) is 0 Å². The molecule has 1 atom stereocenters. The number of rotatable bonds is 2. The van der Waals surface area contributed by atoms with Gasteiger partial charge in [0.2, 0.25) is 5.91 Å². The summed E-state index contributed by atoms with van der Waals surface area (Å²) in [7, 11) is 1.61. The molecular weight excluding hydrogens is 296 g/mol. The van der Waals surface area contributed by atoms with Crippen molar-refractivity contribution < 1.29 is 4.79 Å². The van der Waals surface area contributed by atoms with Gasteiger partial charge in [-0.3, -0.25) is 15.1 Å². The SMILES string of the molecule is CN1C(=N)N[C@](C)(c2ccc(-c3cccc(N)c3)s2)CC1=O. The van der Waals surface area contributed by atoms with Crippen molar-refractivity contribution in [3.8, 4) is 10.4 Å². The zero-order chi connectivity index (χ0) is 15.9. The van der Waals surface area contributed by atoms with Crippen molar-refractivity contribution >= 4 is 28.9 Å². The molecule has 0 spiro atoms. The van der Waals surface area contributed by atoms with Crippen LogP contribution >= 0.6 is 11.3 Å². The van der Waals surface area contributed by atoms with Gasteiger partial charge in [0.05, 0.1) is 12.0 Å². The van der Waals surface area contributed by atoms with Crippen molar-refractivity contribution in [2.75, 3.05) is 12.8 Å². The van der Waals surface area contributed by atoms with Crippen molar-refractivity contribution in [3.05, 3.63) is 41.3 Å². The van der Waals surface area contributed by atoms with Crippen LogP contribution in [0.5, 0.6) is 0 Å². The van der Waals surface area contributed by atoms with Crippen molar-refractivity contribution in [2.45, 2.75) is 18.9 Å². The maximum atomic E-state index is 12.0. The van der Waals surface area contributed by atoms with Crippen LogP contribution in [0.1, 0.15) is 18.2 Å². The minimum Gasteiger partial charge on any atom is -0.399 e. The third-order valence-electron chi connectivity index (χ3n) is 3.93. The van der Waals surface area contributed by atoms with E-state index < -0.39 is 5.54 Å². The number of nitrogens with zero attached hydrogens (tertiary/aromatic N) is 1. The lowest BCUT2D eigenvalue weighted by molar-refractivity contribution is -0.129. The summed E-state index contributed by atoms with van der Waals surface area (Å²) in [4.78, 5) is 15.5. The van der Waals surface area contributed by atoms with Gasteiger partial charge in [-0.05, 0) is 36.8 Å². The van der Waals surface area contributed by atoms with Crippen LogP contribution in [0.4, 0.5) is 5.69 Å². The van der Waals surface area contributed by atoms with E-state index in [1.165, 1.54) is 4.90 Å². The summed E-state index contributed by atoms with van der Waals surface area (Å²) in [5.41, 5.74) is 7.09. The molecule has 1 aromatic carbocycles. The third kappa shape index (κ3) is 2.46. The normalized spacial score (nSPS) is 21.8. The number of benzene rings is 1. The fourth-order valence-electron chi connectivity index (χ4n) is 2.57. The first-order chi connectivity index (χ1) is 10.4. The molecule has 0 aliphatic carbocycles. The molecule has 1 saturated heterocycles. The Bertz CT molecular complexity index is 734. The van der Waals surface area contributed by atoms with E-state index >= 15 is 0 Å². The maximum Gasteiger partial charge on any atom is 0.231 e. The van der Waals surface area contributed by atoms with Gasteiger partial charge in [-0.25, -0.2) is 0 Å². The monoisotopic (exact) mass is 314 g/mol. The second kappa shape index (κ2) is 5.14. The van der Waals surface area contributed by atoms with Crippen LogP contribution in [-0.2, 0) is 10.3 Å². The minimum atomic E-state index is -0.538. The molecule has 1 amide bonds. The smallest absolute Gasteiger partial charge is 0.231 e. The number of nitrogens with one attached hydrogen (secondary N) is 2. The molecule has 0 saturated carbocycles. The van der Waals surface area contributed by atoms with Crippen LogP contribution in [0, 0.1) is 5.41 Å². The van der Waals surface area contributed by atoms with E-state index in [2.05, 4.69) is 5.32 Å². The first-order valence-corrected chi connectivity index (χ1v) is 7.80. The van der Waals surface area contributed by atoms with Crippen molar-refractivity contribution in [2.24, 2.45) is 0 Å². The predicted molar refractivity (Wildman–Crippen MR) is 89.8 cm³/mol. The lowest BCUT2D eigenvalue weighted by Crippen LogP contribution is -2.57. The number of guanidine groups is 1. The summed E-state index contributed by atoms with van der Waals surface area (Å²) in [6.07, 6.45) is 0.336. The van der Waals surface area contributed by atoms with Gasteiger partial charge in [0, 0.05) is 22.5 Å². The van der Waals surface area contributed by atoms with Gasteiger partial charge in [0.25, 0.3) is 0 Å². The maximum absolute atomic E-state index is 12.0. The summed E-state index contributed by atoms with van der Waals surface area (Å²) >= 11 is 1.62. The van der Waals surface area contributed by atoms with E-state index in [1.807, 2.05) is 43.3 Å². The molecule has 22 heavy (non-hydrogen) atoms. The van der Waals surface area contributed by atoms with E-state index in [1.54, 1.807) is 18.4 Å². The minimum absolute atomic E-state index is 0.0508. The Morgan fingerprint density at radius 2 is 2.14 bits per heavy atom. The Balaban J connectivity index is 1.93. The Labute approximate surface area is 133 Å². The number of thiophene rings is 1. The van der Waals surface area contributed by atoms with E-state index in [-0.39, 0.29) is 11.9 Å². The fourth-order valence-corrected chi connectivity index (χ4v) is 3.67. The first-order valence-electron chi connectivity index (χ1n) is 6.98. The molecule has 5 nitrogen and oxygen atoms in total. The Morgan fingerprint density at radius 3 is 2.82 bits per heavy atom. The van der Waals surface area contributed by atoms with E-state index in [9.17, 15) is 4.79 Å². The molecule has 4 N–H and O–H groups in total. The standard InChI is InChI=1S/C16H18N4OS/c1-16(9-14(21)20(2)15(18)19-16)13-7-6-12(22-13)10-4-3-5-11(17)8-10/h3-8H,9,17H2,1-2H3,(H2,18,19)/t16-/m0/s1. The Morgan fingerprint density at radius 1 is 1.36 bits per heavy atom. The van der Waals surface area contributed by atoms with Crippen molar-refractivity contribution in [3.63, 3.8) is 0 Å². The molecule has 0 unspecified atom stereocenters. The Kier molecular flexibility index (Phi) is 3.41. The lowest BCUT2D eigenvalue weighted by atomic mass is 9.93. The second-order valence-electron chi connectivity index (χ2n) is 5.72. The average Bonchev–Trinajstić information content (AvgIpc) is 2.95. The molecule has 0 radical (unpaired) electrons. The highest BCUT2D eigenvalue weighted by Gasteiger charge is 2.38. The number of anilines is 1. The van der Waals surface area contributed by atoms with E-state index in [4.69, 9.17) is 11.1 Å². The highest BCUT2D eigenvalue weighted by Crippen LogP contribution is 2.37. The Hall–Kier alpha value is -2.34. The van der Waals surface area contributed by atoms with Gasteiger partial charge < -0.3 is 11.1 Å². The number of nitrogen functional groups attached to an aromatic ring is 1. The number of hydrogen-bond donors (Lipinski definition) is 3. The summed E-state index contributed by atoms with van der Waals surface area (Å²) in [5, 5.41) is 11.1.